The summed E-state index contributed by atoms with van der Waals surface area (Å²) >= 11 is 14.7. The van der Waals surface area contributed by atoms with Gasteiger partial charge in [-0.05, 0) is 40.6 Å². The number of fused-ring (bicyclic) bond motifs is 1. The van der Waals surface area contributed by atoms with Crippen LogP contribution in [0.25, 0.3) is 21.3 Å². The zero-order chi connectivity index (χ0) is 20.0. The predicted molar refractivity (Wildman–Crippen MR) is 116 cm³/mol. The van der Waals surface area contributed by atoms with Crippen molar-refractivity contribution in [3.8, 4) is 17.2 Å². The number of nitriles is 1. The van der Waals surface area contributed by atoms with Crippen LogP contribution in [0.1, 0.15) is 20.8 Å². The topological polar surface area (TPSA) is 106 Å². The van der Waals surface area contributed by atoms with Crippen LogP contribution >= 0.6 is 45.9 Å². The number of aromatic nitrogens is 1. The fourth-order valence-electron chi connectivity index (χ4n) is 2.94. The van der Waals surface area contributed by atoms with Gasteiger partial charge in [-0.3, -0.25) is 4.79 Å². The molecule has 3 heterocycles. The summed E-state index contributed by atoms with van der Waals surface area (Å²) in [6.07, 6.45) is 0. The summed E-state index contributed by atoms with van der Waals surface area (Å²) in [6.45, 7) is 0. The quantitative estimate of drug-likeness (QED) is 0.400. The van der Waals surface area contributed by atoms with Crippen molar-refractivity contribution in [2.75, 3.05) is 11.5 Å². The molecule has 138 valence electrons. The van der Waals surface area contributed by atoms with Crippen LogP contribution < -0.4 is 11.5 Å². The van der Waals surface area contributed by atoms with Crippen LogP contribution in [0, 0.1) is 11.3 Å². The highest BCUT2D eigenvalue weighted by Crippen LogP contribution is 2.44. The van der Waals surface area contributed by atoms with E-state index in [-0.39, 0.29) is 38.3 Å². The van der Waals surface area contributed by atoms with Gasteiger partial charge in [0.1, 0.15) is 27.2 Å². The van der Waals surface area contributed by atoms with E-state index >= 15 is 0 Å². The van der Waals surface area contributed by atoms with Gasteiger partial charge in [-0.1, -0.05) is 23.2 Å². The average Bonchev–Trinajstić information content (AvgIpc) is 3.29. The van der Waals surface area contributed by atoms with E-state index < -0.39 is 0 Å². The number of nitrogen functional groups attached to an aromatic ring is 2. The third kappa shape index (κ3) is 2.91. The highest BCUT2D eigenvalue weighted by atomic mass is 35.5. The number of hydrogen-bond donors (Lipinski definition) is 2. The molecule has 0 fully saturated rings. The number of ketones is 1. The molecule has 5 nitrogen and oxygen atoms in total. The maximum atomic E-state index is 13.1. The number of anilines is 2. The summed E-state index contributed by atoms with van der Waals surface area (Å²) in [7, 11) is 0. The standard InChI is InChI=1S/C19H10Cl2N4OS2/c20-9-1-2-10(12(21)5-9)16(26)17-15(23)14-13(8-3-4-27-7-8)11(6-22)18(24)25-19(14)28-17/h1-5,7H,23H2,(H2,24,25). The van der Waals surface area contributed by atoms with Crippen LogP contribution in [-0.4, -0.2) is 10.8 Å². The maximum absolute atomic E-state index is 13.1. The van der Waals surface area contributed by atoms with Crippen LogP contribution in [0.3, 0.4) is 0 Å². The number of carbonyl (C=O) groups is 1. The number of nitrogens with two attached hydrogens (primary N) is 2. The van der Waals surface area contributed by atoms with Gasteiger partial charge in [-0.15, -0.1) is 11.3 Å². The van der Waals surface area contributed by atoms with Gasteiger partial charge in [-0.2, -0.15) is 16.6 Å². The monoisotopic (exact) mass is 444 g/mol. The molecule has 0 amide bonds. The lowest BCUT2D eigenvalue weighted by molar-refractivity contribution is 0.104. The van der Waals surface area contributed by atoms with Gasteiger partial charge >= 0.3 is 0 Å². The van der Waals surface area contributed by atoms with Crippen molar-refractivity contribution in [3.63, 3.8) is 0 Å². The average molecular weight is 445 g/mol. The van der Waals surface area contributed by atoms with Crippen LogP contribution in [0.4, 0.5) is 11.5 Å². The molecule has 0 saturated heterocycles. The summed E-state index contributed by atoms with van der Waals surface area (Å²) in [5, 5.41) is 14.6. The Morgan fingerprint density at radius 3 is 2.64 bits per heavy atom. The van der Waals surface area contributed by atoms with E-state index in [1.165, 1.54) is 17.4 Å². The van der Waals surface area contributed by atoms with Crippen LogP contribution in [0.15, 0.2) is 35.0 Å². The SMILES string of the molecule is N#Cc1c(N)nc2sc(C(=O)c3ccc(Cl)cc3Cl)c(N)c2c1-c1ccsc1. The number of carbonyl (C=O) groups excluding carboxylic acids is 1. The molecule has 0 bridgehead atoms. The normalized spacial score (nSPS) is 10.9. The van der Waals surface area contributed by atoms with E-state index in [9.17, 15) is 10.1 Å². The zero-order valence-electron chi connectivity index (χ0n) is 14.0. The van der Waals surface area contributed by atoms with E-state index in [4.69, 9.17) is 34.7 Å². The summed E-state index contributed by atoms with van der Waals surface area (Å²) in [5.74, 6) is -0.239. The smallest absolute Gasteiger partial charge is 0.206 e. The Bertz CT molecular complexity index is 1290. The van der Waals surface area contributed by atoms with Gasteiger partial charge < -0.3 is 11.5 Å². The van der Waals surface area contributed by atoms with E-state index in [1.807, 2.05) is 16.8 Å². The van der Waals surface area contributed by atoms with Crippen LogP contribution in [0.2, 0.25) is 10.0 Å². The third-order valence-corrected chi connectivity index (χ3v) is 6.54. The zero-order valence-corrected chi connectivity index (χ0v) is 17.1. The first kappa shape index (κ1) is 18.7. The summed E-state index contributed by atoms with van der Waals surface area (Å²) in [4.78, 5) is 18.2. The highest BCUT2D eigenvalue weighted by molar-refractivity contribution is 7.21. The minimum atomic E-state index is -0.337. The van der Waals surface area contributed by atoms with E-state index in [1.54, 1.807) is 12.1 Å². The molecule has 1 aromatic carbocycles. The number of halogens is 2. The van der Waals surface area contributed by atoms with Crippen molar-refractivity contribution in [3.05, 3.63) is 61.1 Å². The van der Waals surface area contributed by atoms with E-state index in [0.29, 0.717) is 20.8 Å². The second-order valence-electron chi connectivity index (χ2n) is 5.85. The van der Waals surface area contributed by atoms with Gasteiger partial charge in [0.2, 0.25) is 5.78 Å². The number of hydrogen-bond acceptors (Lipinski definition) is 7. The summed E-state index contributed by atoms with van der Waals surface area (Å²) in [6, 6.07) is 8.62. The van der Waals surface area contributed by atoms with Crippen molar-refractivity contribution in [2.45, 2.75) is 0 Å². The maximum Gasteiger partial charge on any atom is 0.206 e. The molecule has 0 atom stereocenters. The largest absolute Gasteiger partial charge is 0.397 e. The molecule has 28 heavy (non-hydrogen) atoms. The second kappa shape index (κ2) is 7.08. The van der Waals surface area contributed by atoms with Crippen LogP contribution in [0.5, 0.6) is 0 Å². The fraction of sp³-hybridized carbons (Fsp3) is 0. The minimum absolute atomic E-state index is 0.0981. The van der Waals surface area contributed by atoms with Gasteiger partial charge in [0.15, 0.2) is 0 Å². The number of pyridine rings is 1. The number of thiophene rings is 2. The van der Waals surface area contributed by atoms with E-state index in [0.717, 1.165) is 16.9 Å². The Morgan fingerprint density at radius 1 is 1.21 bits per heavy atom. The predicted octanol–water partition coefficient (Wildman–Crippen LogP) is 5.60. The van der Waals surface area contributed by atoms with Crippen molar-refractivity contribution in [2.24, 2.45) is 0 Å². The fourth-order valence-corrected chi connectivity index (χ4v) is 5.15. The minimum Gasteiger partial charge on any atom is -0.397 e. The third-order valence-electron chi connectivity index (χ3n) is 4.21. The molecule has 4 aromatic rings. The van der Waals surface area contributed by atoms with Crippen molar-refractivity contribution >= 4 is 73.4 Å². The summed E-state index contributed by atoms with van der Waals surface area (Å²) < 4.78 is 0. The molecule has 0 unspecified atom stereocenters. The van der Waals surface area contributed by atoms with Crippen molar-refractivity contribution in [1.29, 1.82) is 5.26 Å². The molecule has 3 aromatic heterocycles. The first-order valence-corrected chi connectivity index (χ1v) is 10.4. The Hall–Kier alpha value is -2.63. The van der Waals surface area contributed by atoms with Crippen molar-refractivity contribution in [1.82, 2.24) is 4.98 Å². The first-order chi connectivity index (χ1) is 13.4. The molecule has 0 saturated carbocycles. The second-order valence-corrected chi connectivity index (χ2v) is 8.47. The lowest BCUT2D eigenvalue weighted by Gasteiger charge is -2.08. The first-order valence-electron chi connectivity index (χ1n) is 7.86. The Balaban J connectivity index is 2.01. The molecule has 0 aliphatic carbocycles. The summed E-state index contributed by atoms with van der Waals surface area (Å²) in [5.41, 5.74) is 14.5. The molecular formula is C19H10Cl2N4OS2. The van der Waals surface area contributed by atoms with Crippen molar-refractivity contribution < 1.29 is 4.79 Å². The van der Waals surface area contributed by atoms with Gasteiger partial charge in [0.05, 0.1) is 10.7 Å². The molecule has 0 radical (unpaired) electrons. The highest BCUT2D eigenvalue weighted by Gasteiger charge is 2.25. The Kier molecular flexibility index (Phi) is 4.73. The molecule has 0 spiro atoms. The molecule has 0 aliphatic rings. The number of rotatable bonds is 3. The number of nitrogens with zero attached hydrogens (tertiary/aromatic N) is 2. The van der Waals surface area contributed by atoms with Gasteiger partial charge in [0.25, 0.3) is 0 Å². The molecule has 9 heteroatoms. The van der Waals surface area contributed by atoms with E-state index in [2.05, 4.69) is 11.1 Å². The lowest BCUT2D eigenvalue weighted by Crippen LogP contribution is -2.03. The van der Waals surface area contributed by atoms with Gasteiger partial charge in [0, 0.05) is 21.5 Å². The lowest BCUT2D eigenvalue weighted by atomic mass is 9.99. The Labute approximate surface area is 177 Å². The molecular weight excluding hydrogens is 435 g/mol. The molecule has 0 aliphatic heterocycles. The van der Waals surface area contributed by atoms with Crippen LogP contribution in [-0.2, 0) is 0 Å². The molecule has 4 rings (SSSR count). The number of benzene rings is 1. The molecule has 4 N–H and O–H groups in total. The van der Waals surface area contributed by atoms with Gasteiger partial charge in [-0.25, -0.2) is 4.98 Å². The Morgan fingerprint density at radius 2 is 2.00 bits per heavy atom.